The number of ether oxygens (including phenoxy) is 2. The lowest BCUT2D eigenvalue weighted by Crippen LogP contribution is -2.28. The molecular weight excluding hydrogens is 372 g/mol. The van der Waals surface area contributed by atoms with Crippen molar-refractivity contribution in [2.75, 3.05) is 25.6 Å². The van der Waals surface area contributed by atoms with E-state index in [1.54, 1.807) is 24.3 Å². The van der Waals surface area contributed by atoms with Crippen LogP contribution in [-0.4, -0.2) is 38.0 Å². The first-order valence-corrected chi connectivity index (χ1v) is 9.41. The first-order chi connectivity index (χ1) is 14.0. The quantitative estimate of drug-likeness (QED) is 0.634. The third kappa shape index (κ3) is 6.34. The van der Waals surface area contributed by atoms with Gasteiger partial charge in [-0.05, 0) is 36.6 Å². The van der Waals surface area contributed by atoms with Gasteiger partial charge in [0.05, 0.1) is 19.1 Å². The average Bonchev–Trinajstić information content (AvgIpc) is 2.73. The molecule has 2 aromatic carbocycles. The number of anilines is 1. The van der Waals surface area contributed by atoms with Crippen LogP contribution in [0.25, 0.3) is 0 Å². The molecule has 7 nitrogen and oxygen atoms in total. The number of amides is 2. The van der Waals surface area contributed by atoms with Gasteiger partial charge in [-0.1, -0.05) is 37.3 Å². The number of hydrogen-bond donors (Lipinski definition) is 2. The molecule has 2 aromatic rings. The standard InChI is InChI=1S/C22H26N2O5/c1-4-16-9-7-8-15(2)21(16)24-19(25)14-29-20(26)12-13-23-22(27)17-10-5-6-11-18(17)28-3/h5-11H,4,12-14H2,1-3H3,(H,23,27)(H,24,25). The molecule has 0 spiro atoms. The zero-order valence-electron chi connectivity index (χ0n) is 16.9. The van der Waals surface area contributed by atoms with E-state index in [4.69, 9.17) is 9.47 Å². The first kappa shape index (κ1) is 21.9. The molecule has 0 radical (unpaired) electrons. The smallest absolute Gasteiger partial charge is 0.308 e. The Balaban J connectivity index is 1.76. The summed E-state index contributed by atoms with van der Waals surface area (Å²) in [4.78, 5) is 36.1. The van der Waals surface area contributed by atoms with Crippen molar-refractivity contribution in [1.29, 1.82) is 0 Å². The summed E-state index contributed by atoms with van der Waals surface area (Å²) in [6, 6.07) is 12.6. The van der Waals surface area contributed by atoms with Crippen LogP contribution in [0.15, 0.2) is 42.5 Å². The van der Waals surface area contributed by atoms with E-state index in [9.17, 15) is 14.4 Å². The second-order valence-corrected chi connectivity index (χ2v) is 6.38. The van der Waals surface area contributed by atoms with Gasteiger partial charge in [0.15, 0.2) is 6.61 Å². The number of hydrogen-bond acceptors (Lipinski definition) is 5. The topological polar surface area (TPSA) is 93.7 Å². The molecule has 7 heteroatoms. The third-order valence-corrected chi connectivity index (χ3v) is 4.33. The van der Waals surface area contributed by atoms with Gasteiger partial charge < -0.3 is 20.1 Å². The van der Waals surface area contributed by atoms with Crippen molar-refractivity contribution >= 4 is 23.5 Å². The van der Waals surface area contributed by atoms with E-state index < -0.39 is 11.9 Å². The molecule has 0 saturated carbocycles. The van der Waals surface area contributed by atoms with Crippen LogP contribution in [0.5, 0.6) is 5.75 Å². The van der Waals surface area contributed by atoms with Gasteiger partial charge in [0.2, 0.25) is 0 Å². The largest absolute Gasteiger partial charge is 0.496 e. The van der Waals surface area contributed by atoms with E-state index in [0.717, 1.165) is 23.2 Å². The Kier molecular flexibility index (Phi) is 8.21. The highest BCUT2D eigenvalue weighted by atomic mass is 16.5. The fourth-order valence-corrected chi connectivity index (χ4v) is 2.80. The maximum Gasteiger partial charge on any atom is 0.308 e. The molecule has 2 rings (SSSR count). The minimum Gasteiger partial charge on any atom is -0.496 e. The van der Waals surface area contributed by atoms with Gasteiger partial charge in [0.25, 0.3) is 11.8 Å². The van der Waals surface area contributed by atoms with E-state index in [-0.39, 0.29) is 25.5 Å². The van der Waals surface area contributed by atoms with Crippen LogP contribution in [0.3, 0.4) is 0 Å². The molecule has 0 aliphatic heterocycles. The van der Waals surface area contributed by atoms with E-state index in [2.05, 4.69) is 10.6 Å². The van der Waals surface area contributed by atoms with Crippen LogP contribution in [0.4, 0.5) is 5.69 Å². The molecule has 0 aliphatic rings. The van der Waals surface area contributed by atoms with Crippen LogP contribution in [0.1, 0.15) is 34.8 Å². The highest BCUT2D eigenvalue weighted by Crippen LogP contribution is 2.21. The summed E-state index contributed by atoms with van der Waals surface area (Å²) in [5.74, 6) is -0.868. The molecule has 0 heterocycles. The molecule has 154 valence electrons. The van der Waals surface area contributed by atoms with Crippen molar-refractivity contribution in [2.24, 2.45) is 0 Å². The fourth-order valence-electron chi connectivity index (χ4n) is 2.80. The molecule has 0 saturated heterocycles. The van der Waals surface area contributed by atoms with Crippen LogP contribution in [0.2, 0.25) is 0 Å². The maximum absolute atomic E-state index is 12.2. The highest BCUT2D eigenvalue weighted by molar-refractivity contribution is 5.97. The number of aryl methyl sites for hydroxylation is 2. The summed E-state index contributed by atoms with van der Waals surface area (Å²) in [6.07, 6.45) is 0.738. The summed E-state index contributed by atoms with van der Waals surface area (Å²) in [7, 11) is 1.48. The van der Waals surface area contributed by atoms with E-state index >= 15 is 0 Å². The first-order valence-electron chi connectivity index (χ1n) is 9.41. The van der Waals surface area contributed by atoms with E-state index in [0.29, 0.717) is 11.3 Å². The lowest BCUT2D eigenvalue weighted by molar-refractivity contribution is -0.147. The minimum absolute atomic E-state index is 0.0429. The summed E-state index contributed by atoms with van der Waals surface area (Å²) in [6.45, 7) is 3.63. The molecule has 0 aliphatic carbocycles. The predicted molar refractivity (Wildman–Crippen MR) is 110 cm³/mol. The normalized spacial score (nSPS) is 10.2. The Morgan fingerprint density at radius 3 is 2.52 bits per heavy atom. The van der Waals surface area contributed by atoms with Gasteiger partial charge in [-0.2, -0.15) is 0 Å². The Bertz CT molecular complexity index is 879. The van der Waals surface area contributed by atoms with Gasteiger partial charge in [-0.15, -0.1) is 0 Å². The summed E-state index contributed by atoms with van der Waals surface area (Å²) in [5, 5.41) is 5.43. The predicted octanol–water partition coefficient (Wildman–Crippen LogP) is 2.87. The molecule has 29 heavy (non-hydrogen) atoms. The number of carbonyl (C=O) groups is 3. The molecule has 0 bridgehead atoms. The Morgan fingerprint density at radius 2 is 1.79 bits per heavy atom. The van der Waals surface area contributed by atoms with Crippen molar-refractivity contribution in [3.05, 3.63) is 59.2 Å². The highest BCUT2D eigenvalue weighted by Gasteiger charge is 2.13. The van der Waals surface area contributed by atoms with Crippen LogP contribution >= 0.6 is 0 Å². The van der Waals surface area contributed by atoms with Crippen molar-refractivity contribution < 1.29 is 23.9 Å². The molecule has 0 unspecified atom stereocenters. The number of nitrogens with one attached hydrogen (secondary N) is 2. The van der Waals surface area contributed by atoms with E-state index in [1.165, 1.54) is 7.11 Å². The number of benzene rings is 2. The van der Waals surface area contributed by atoms with Crippen LogP contribution < -0.4 is 15.4 Å². The number of esters is 1. The average molecular weight is 398 g/mol. The van der Waals surface area contributed by atoms with Crippen molar-refractivity contribution in [3.63, 3.8) is 0 Å². The zero-order valence-corrected chi connectivity index (χ0v) is 16.9. The molecule has 0 aromatic heterocycles. The van der Waals surface area contributed by atoms with Crippen molar-refractivity contribution in [3.8, 4) is 5.75 Å². The minimum atomic E-state index is -0.569. The third-order valence-electron chi connectivity index (χ3n) is 4.33. The van der Waals surface area contributed by atoms with Gasteiger partial charge in [-0.25, -0.2) is 0 Å². The Labute approximate surface area is 170 Å². The SMILES string of the molecule is CCc1cccc(C)c1NC(=O)COC(=O)CCNC(=O)c1ccccc1OC. The fraction of sp³-hybridized carbons (Fsp3) is 0.318. The molecule has 0 fully saturated rings. The lowest BCUT2D eigenvalue weighted by Gasteiger charge is -2.13. The molecular formula is C22H26N2O5. The number of carbonyl (C=O) groups excluding carboxylic acids is 3. The number of para-hydroxylation sites is 2. The number of rotatable bonds is 9. The Morgan fingerprint density at radius 1 is 1.03 bits per heavy atom. The molecule has 2 amide bonds. The zero-order chi connectivity index (χ0) is 21.2. The van der Waals surface area contributed by atoms with Gasteiger partial charge in [-0.3, -0.25) is 14.4 Å². The van der Waals surface area contributed by atoms with Gasteiger partial charge in [0.1, 0.15) is 5.75 Å². The lowest BCUT2D eigenvalue weighted by atomic mass is 10.1. The maximum atomic E-state index is 12.2. The van der Waals surface area contributed by atoms with Crippen molar-refractivity contribution in [1.82, 2.24) is 5.32 Å². The summed E-state index contributed by atoms with van der Waals surface area (Å²) < 4.78 is 10.1. The summed E-state index contributed by atoms with van der Waals surface area (Å²) >= 11 is 0. The van der Waals surface area contributed by atoms with Gasteiger partial charge in [0, 0.05) is 12.2 Å². The monoisotopic (exact) mass is 398 g/mol. The van der Waals surface area contributed by atoms with Gasteiger partial charge >= 0.3 is 5.97 Å². The number of methoxy groups -OCH3 is 1. The van der Waals surface area contributed by atoms with Crippen molar-refractivity contribution in [2.45, 2.75) is 26.7 Å². The molecule has 0 atom stereocenters. The van der Waals surface area contributed by atoms with Crippen LogP contribution in [0, 0.1) is 6.92 Å². The Hall–Kier alpha value is -3.35. The van der Waals surface area contributed by atoms with Crippen LogP contribution in [-0.2, 0) is 20.7 Å². The second-order valence-electron chi connectivity index (χ2n) is 6.38. The van der Waals surface area contributed by atoms with E-state index in [1.807, 2.05) is 32.0 Å². The summed E-state index contributed by atoms with van der Waals surface area (Å²) in [5.41, 5.74) is 3.10. The molecule has 2 N–H and O–H groups in total. The second kappa shape index (κ2) is 10.8.